The van der Waals surface area contributed by atoms with Crippen molar-refractivity contribution in [2.24, 2.45) is 0 Å². The number of hydrogen-bond acceptors (Lipinski definition) is 4. The Bertz CT molecular complexity index is 593. The van der Waals surface area contributed by atoms with Gasteiger partial charge in [0, 0.05) is 5.56 Å². The maximum atomic E-state index is 12.1. The molecule has 0 spiro atoms. The molecule has 2 aromatic rings. The zero-order valence-corrected chi connectivity index (χ0v) is 11.7. The summed E-state index contributed by atoms with van der Waals surface area (Å²) < 4.78 is 10.3. The van der Waals surface area contributed by atoms with E-state index in [1.165, 1.54) is 0 Å². The highest BCUT2D eigenvalue weighted by molar-refractivity contribution is 5.91. The topological polar surface area (TPSA) is 52.6 Å². The van der Waals surface area contributed by atoms with Crippen molar-refractivity contribution in [1.29, 1.82) is 0 Å². The Kier molecular flexibility index (Phi) is 5.10. The van der Waals surface area contributed by atoms with Crippen LogP contribution in [0.4, 0.5) is 0 Å². The molecule has 4 heteroatoms. The monoisotopic (exact) mass is 284 g/mol. The average Bonchev–Trinajstić information content (AvgIpc) is 2.54. The number of esters is 2. The van der Waals surface area contributed by atoms with Gasteiger partial charge in [0.15, 0.2) is 0 Å². The van der Waals surface area contributed by atoms with E-state index in [4.69, 9.17) is 9.47 Å². The van der Waals surface area contributed by atoms with Gasteiger partial charge in [-0.2, -0.15) is 0 Å². The van der Waals surface area contributed by atoms with E-state index in [-0.39, 0.29) is 6.61 Å². The number of carbonyl (C=O) groups is 2. The smallest absolute Gasteiger partial charge is 0.352 e. The Labute approximate surface area is 123 Å². The fraction of sp³-hybridized carbons (Fsp3) is 0.176. The second kappa shape index (κ2) is 7.24. The Morgan fingerprint density at radius 2 is 1.52 bits per heavy atom. The molecule has 0 aromatic heterocycles. The number of rotatable bonds is 5. The van der Waals surface area contributed by atoms with Crippen LogP contribution in [0.1, 0.15) is 28.9 Å². The molecule has 0 saturated heterocycles. The number of benzene rings is 2. The summed E-state index contributed by atoms with van der Waals surface area (Å²) in [5, 5.41) is 0. The lowest BCUT2D eigenvalue weighted by molar-refractivity contribution is -0.153. The first-order valence-electron chi connectivity index (χ1n) is 6.70. The first-order chi connectivity index (χ1) is 10.2. The molecule has 2 rings (SSSR count). The van der Waals surface area contributed by atoms with Crippen LogP contribution in [0, 0.1) is 0 Å². The minimum Gasteiger partial charge on any atom is -0.463 e. The third-order valence-corrected chi connectivity index (χ3v) is 2.84. The van der Waals surface area contributed by atoms with Crippen molar-refractivity contribution in [3.8, 4) is 0 Å². The summed E-state index contributed by atoms with van der Waals surface area (Å²) in [7, 11) is 0. The fourth-order valence-corrected chi connectivity index (χ4v) is 1.85. The summed E-state index contributed by atoms with van der Waals surface area (Å²) in [6.07, 6.45) is -1.06. The van der Waals surface area contributed by atoms with Gasteiger partial charge < -0.3 is 9.47 Å². The van der Waals surface area contributed by atoms with E-state index >= 15 is 0 Å². The lowest BCUT2D eigenvalue weighted by Crippen LogP contribution is -2.22. The average molecular weight is 284 g/mol. The summed E-state index contributed by atoms with van der Waals surface area (Å²) >= 11 is 0. The Morgan fingerprint density at radius 1 is 0.952 bits per heavy atom. The van der Waals surface area contributed by atoms with Crippen LogP contribution in [0.25, 0.3) is 0 Å². The van der Waals surface area contributed by atoms with Gasteiger partial charge in [-0.1, -0.05) is 48.5 Å². The molecular weight excluding hydrogens is 268 g/mol. The number of ether oxygens (including phenoxy) is 2. The van der Waals surface area contributed by atoms with Crippen LogP contribution in [0.5, 0.6) is 0 Å². The van der Waals surface area contributed by atoms with Gasteiger partial charge in [0.25, 0.3) is 0 Å². The van der Waals surface area contributed by atoms with Crippen LogP contribution in [-0.4, -0.2) is 18.5 Å². The van der Waals surface area contributed by atoms with Gasteiger partial charge in [0.1, 0.15) is 0 Å². The van der Waals surface area contributed by atoms with E-state index in [9.17, 15) is 9.59 Å². The Hall–Kier alpha value is -2.62. The van der Waals surface area contributed by atoms with Crippen LogP contribution in [0.15, 0.2) is 60.7 Å². The van der Waals surface area contributed by atoms with Crippen molar-refractivity contribution in [3.05, 3.63) is 71.8 Å². The molecular formula is C17H16O4. The maximum absolute atomic E-state index is 12.1. The standard InChI is InChI=1S/C17H16O4/c1-2-20-17(19)15(13-9-5-3-6-10-13)21-16(18)14-11-7-4-8-12-14/h3-12,15H,2H2,1H3/t15-/m1/s1. The van der Waals surface area contributed by atoms with Gasteiger partial charge in [-0.15, -0.1) is 0 Å². The van der Waals surface area contributed by atoms with Crippen molar-refractivity contribution in [1.82, 2.24) is 0 Å². The third-order valence-electron chi connectivity index (χ3n) is 2.84. The molecule has 0 amide bonds. The van der Waals surface area contributed by atoms with Crippen LogP contribution in [-0.2, 0) is 14.3 Å². The normalized spacial score (nSPS) is 11.5. The predicted octanol–water partition coefficient (Wildman–Crippen LogP) is 3.15. The second-order valence-electron chi connectivity index (χ2n) is 4.31. The first kappa shape index (κ1) is 14.8. The highest BCUT2D eigenvalue weighted by Gasteiger charge is 2.26. The summed E-state index contributed by atoms with van der Waals surface area (Å²) in [6, 6.07) is 17.4. The lowest BCUT2D eigenvalue weighted by Gasteiger charge is -2.16. The van der Waals surface area contributed by atoms with Gasteiger partial charge in [-0.3, -0.25) is 0 Å². The van der Waals surface area contributed by atoms with Crippen LogP contribution in [0.2, 0.25) is 0 Å². The molecule has 0 fully saturated rings. The van der Waals surface area contributed by atoms with Gasteiger partial charge in [0.05, 0.1) is 12.2 Å². The summed E-state index contributed by atoms with van der Waals surface area (Å²) in [4.78, 5) is 24.1. The van der Waals surface area contributed by atoms with Gasteiger partial charge in [-0.25, -0.2) is 9.59 Å². The van der Waals surface area contributed by atoms with E-state index in [1.807, 2.05) is 6.07 Å². The first-order valence-corrected chi connectivity index (χ1v) is 6.70. The zero-order valence-electron chi connectivity index (χ0n) is 11.7. The quantitative estimate of drug-likeness (QED) is 0.791. The highest BCUT2D eigenvalue weighted by Crippen LogP contribution is 2.20. The van der Waals surface area contributed by atoms with E-state index < -0.39 is 18.0 Å². The molecule has 21 heavy (non-hydrogen) atoms. The second-order valence-corrected chi connectivity index (χ2v) is 4.31. The van der Waals surface area contributed by atoms with Crippen molar-refractivity contribution < 1.29 is 19.1 Å². The molecule has 0 aliphatic rings. The lowest BCUT2D eigenvalue weighted by atomic mass is 10.1. The molecule has 2 aromatic carbocycles. The zero-order chi connectivity index (χ0) is 15.1. The van der Waals surface area contributed by atoms with Crippen LogP contribution < -0.4 is 0 Å². The molecule has 0 aliphatic carbocycles. The summed E-state index contributed by atoms with van der Waals surface area (Å²) in [5.74, 6) is -1.13. The number of carbonyl (C=O) groups excluding carboxylic acids is 2. The molecule has 0 saturated carbocycles. The summed E-state index contributed by atoms with van der Waals surface area (Å²) in [6.45, 7) is 1.93. The largest absolute Gasteiger partial charge is 0.463 e. The van der Waals surface area contributed by atoms with Crippen LogP contribution >= 0.6 is 0 Å². The third kappa shape index (κ3) is 3.92. The molecule has 108 valence electrons. The molecule has 0 radical (unpaired) electrons. The van der Waals surface area contributed by atoms with E-state index in [2.05, 4.69) is 0 Å². The van der Waals surface area contributed by atoms with Crippen LogP contribution in [0.3, 0.4) is 0 Å². The Balaban J connectivity index is 2.20. The summed E-state index contributed by atoms with van der Waals surface area (Å²) in [5.41, 5.74) is 0.975. The SMILES string of the molecule is CCOC(=O)[C@H](OC(=O)c1ccccc1)c1ccccc1. The minimum atomic E-state index is -1.06. The maximum Gasteiger partial charge on any atom is 0.352 e. The van der Waals surface area contributed by atoms with Crippen molar-refractivity contribution in [3.63, 3.8) is 0 Å². The van der Waals surface area contributed by atoms with E-state index in [1.54, 1.807) is 61.5 Å². The van der Waals surface area contributed by atoms with Gasteiger partial charge in [0.2, 0.25) is 6.10 Å². The molecule has 0 N–H and O–H groups in total. The number of hydrogen-bond donors (Lipinski definition) is 0. The molecule has 0 unspecified atom stereocenters. The molecule has 1 atom stereocenters. The van der Waals surface area contributed by atoms with E-state index in [0.717, 1.165) is 0 Å². The minimum absolute atomic E-state index is 0.227. The Morgan fingerprint density at radius 3 is 2.10 bits per heavy atom. The predicted molar refractivity (Wildman–Crippen MR) is 77.7 cm³/mol. The molecule has 4 nitrogen and oxygen atoms in total. The van der Waals surface area contributed by atoms with Crippen molar-refractivity contribution in [2.75, 3.05) is 6.61 Å². The van der Waals surface area contributed by atoms with E-state index in [0.29, 0.717) is 11.1 Å². The highest BCUT2D eigenvalue weighted by atomic mass is 16.6. The fourth-order valence-electron chi connectivity index (χ4n) is 1.85. The molecule has 0 heterocycles. The van der Waals surface area contributed by atoms with Gasteiger partial charge in [-0.05, 0) is 19.1 Å². The van der Waals surface area contributed by atoms with Crippen molar-refractivity contribution in [2.45, 2.75) is 13.0 Å². The molecule has 0 aliphatic heterocycles. The molecule has 0 bridgehead atoms. The van der Waals surface area contributed by atoms with Crippen molar-refractivity contribution >= 4 is 11.9 Å². The van der Waals surface area contributed by atoms with Gasteiger partial charge >= 0.3 is 11.9 Å².